The summed E-state index contributed by atoms with van der Waals surface area (Å²) in [6.07, 6.45) is 0.319. The van der Waals surface area contributed by atoms with Gasteiger partial charge in [-0.1, -0.05) is 56.3 Å². The van der Waals surface area contributed by atoms with Crippen LogP contribution >= 0.6 is 0 Å². The number of hydrogen-bond donors (Lipinski definition) is 4. The minimum Gasteiger partial charge on any atom is -0.504 e. The molecule has 1 amide bonds. The van der Waals surface area contributed by atoms with Crippen LogP contribution < -0.4 is 5.32 Å². The number of carbonyl (C=O) groups is 1. The zero-order valence-corrected chi connectivity index (χ0v) is 15.8. The van der Waals surface area contributed by atoms with E-state index in [1.165, 1.54) is 6.07 Å². The van der Waals surface area contributed by atoms with Crippen molar-refractivity contribution in [1.29, 1.82) is 0 Å². The molecule has 0 aliphatic carbocycles. The molecule has 0 aliphatic heterocycles. The maximum atomic E-state index is 12.6. The molecule has 0 unspecified atom stereocenters. The summed E-state index contributed by atoms with van der Waals surface area (Å²) < 4.78 is 0. The lowest BCUT2D eigenvalue weighted by atomic mass is 9.92. The average molecular weight is 377 g/mol. The van der Waals surface area contributed by atoms with Gasteiger partial charge in [0.1, 0.15) is 0 Å². The van der Waals surface area contributed by atoms with Gasteiger partial charge in [-0.15, -0.1) is 0 Å². The highest BCUT2D eigenvalue weighted by molar-refractivity contribution is 6.07. The maximum absolute atomic E-state index is 12.6. The normalized spacial score (nSPS) is 10.8. The Morgan fingerprint density at radius 1 is 0.857 bits per heavy atom. The van der Waals surface area contributed by atoms with E-state index in [1.807, 2.05) is 30.3 Å². The smallest absolute Gasteiger partial charge is 0.259 e. The predicted molar refractivity (Wildman–Crippen MR) is 109 cm³/mol. The minimum absolute atomic E-state index is 0.101. The van der Waals surface area contributed by atoms with Gasteiger partial charge >= 0.3 is 0 Å². The molecule has 0 heterocycles. The van der Waals surface area contributed by atoms with E-state index in [2.05, 4.69) is 19.2 Å². The first-order chi connectivity index (χ1) is 13.4. The van der Waals surface area contributed by atoms with Gasteiger partial charge in [0.05, 0.1) is 5.56 Å². The van der Waals surface area contributed by atoms with Gasteiger partial charge in [-0.3, -0.25) is 4.79 Å². The molecule has 5 nitrogen and oxygen atoms in total. The highest BCUT2D eigenvalue weighted by Crippen LogP contribution is 2.41. The van der Waals surface area contributed by atoms with Gasteiger partial charge in [0, 0.05) is 17.7 Å². The molecular weight excluding hydrogens is 354 g/mol. The number of hydrogen-bond acceptors (Lipinski definition) is 4. The molecule has 0 saturated heterocycles. The number of para-hydroxylation sites is 1. The fourth-order valence-electron chi connectivity index (χ4n) is 3.19. The van der Waals surface area contributed by atoms with Crippen LogP contribution in [0.5, 0.6) is 17.2 Å². The second kappa shape index (κ2) is 8.05. The molecule has 5 heteroatoms. The molecule has 3 aromatic carbocycles. The van der Waals surface area contributed by atoms with Gasteiger partial charge in [0.25, 0.3) is 5.91 Å². The summed E-state index contributed by atoms with van der Waals surface area (Å²) in [6, 6.07) is 18.0. The quantitative estimate of drug-likeness (QED) is 0.482. The lowest BCUT2D eigenvalue weighted by Crippen LogP contribution is -2.12. The number of carbonyl (C=O) groups excluding carboxylic acids is 1. The van der Waals surface area contributed by atoms with E-state index in [0.29, 0.717) is 17.7 Å². The summed E-state index contributed by atoms with van der Waals surface area (Å²) in [7, 11) is 0. The SMILES string of the molecule is CC(C)c1ccccc1Cc1cc(C(=O)Nc2ccccc2)c(O)c(O)c1O. The van der Waals surface area contributed by atoms with E-state index in [4.69, 9.17) is 0 Å². The number of nitrogens with one attached hydrogen (secondary N) is 1. The van der Waals surface area contributed by atoms with Crippen LogP contribution in [0.25, 0.3) is 0 Å². The molecule has 0 spiro atoms. The molecule has 0 bridgehead atoms. The Balaban J connectivity index is 1.98. The van der Waals surface area contributed by atoms with Crippen LogP contribution in [0.15, 0.2) is 60.7 Å². The van der Waals surface area contributed by atoms with Crippen LogP contribution in [0.1, 0.15) is 46.8 Å². The van der Waals surface area contributed by atoms with Gasteiger partial charge in [0.2, 0.25) is 5.75 Å². The fraction of sp³-hybridized carbons (Fsp3) is 0.174. The number of phenolic OH excluding ortho intramolecular Hbond substituents is 3. The number of benzene rings is 3. The van der Waals surface area contributed by atoms with E-state index in [9.17, 15) is 20.1 Å². The Bertz CT molecular complexity index is 997. The number of amides is 1. The molecule has 4 N–H and O–H groups in total. The Morgan fingerprint density at radius 2 is 1.50 bits per heavy atom. The molecule has 0 aromatic heterocycles. The molecule has 0 fully saturated rings. The molecule has 0 radical (unpaired) electrons. The van der Waals surface area contributed by atoms with Crippen molar-refractivity contribution in [2.75, 3.05) is 5.32 Å². The summed E-state index contributed by atoms with van der Waals surface area (Å²) >= 11 is 0. The lowest BCUT2D eigenvalue weighted by molar-refractivity contribution is 0.102. The second-order valence-corrected chi connectivity index (χ2v) is 6.98. The number of anilines is 1. The summed E-state index contributed by atoms with van der Waals surface area (Å²) in [5.41, 5.74) is 2.92. The van der Waals surface area contributed by atoms with Crippen molar-refractivity contribution in [3.05, 3.63) is 82.9 Å². The Hall–Kier alpha value is -3.47. The van der Waals surface area contributed by atoms with E-state index in [-0.39, 0.29) is 11.5 Å². The van der Waals surface area contributed by atoms with Crippen LogP contribution in [0, 0.1) is 0 Å². The van der Waals surface area contributed by atoms with Gasteiger partial charge < -0.3 is 20.6 Å². The molecule has 0 aliphatic rings. The number of aromatic hydroxyl groups is 3. The highest BCUT2D eigenvalue weighted by atomic mass is 16.3. The maximum Gasteiger partial charge on any atom is 0.259 e. The van der Waals surface area contributed by atoms with Crippen LogP contribution in [-0.4, -0.2) is 21.2 Å². The molecule has 0 atom stereocenters. The summed E-state index contributed by atoms with van der Waals surface area (Å²) in [6.45, 7) is 4.15. The van der Waals surface area contributed by atoms with Crippen molar-refractivity contribution < 1.29 is 20.1 Å². The van der Waals surface area contributed by atoms with Gasteiger partial charge in [-0.05, 0) is 35.2 Å². The van der Waals surface area contributed by atoms with E-state index in [1.54, 1.807) is 24.3 Å². The topological polar surface area (TPSA) is 89.8 Å². The van der Waals surface area contributed by atoms with Crippen LogP contribution in [0.3, 0.4) is 0 Å². The summed E-state index contributed by atoms with van der Waals surface area (Å²) in [5, 5.41) is 33.3. The average Bonchev–Trinajstić information content (AvgIpc) is 2.69. The largest absolute Gasteiger partial charge is 0.504 e. The van der Waals surface area contributed by atoms with Crippen molar-refractivity contribution in [2.24, 2.45) is 0 Å². The second-order valence-electron chi connectivity index (χ2n) is 6.98. The molecule has 0 saturated carbocycles. The van der Waals surface area contributed by atoms with E-state index in [0.717, 1.165) is 11.1 Å². The Kier molecular flexibility index (Phi) is 5.54. The van der Waals surface area contributed by atoms with Crippen molar-refractivity contribution >= 4 is 11.6 Å². The Morgan fingerprint density at radius 3 is 2.18 bits per heavy atom. The van der Waals surface area contributed by atoms with Crippen molar-refractivity contribution in [1.82, 2.24) is 0 Å². The summed E-state index contributed by atoms with van der Waals surface area (Å²) in [5.74, 6) is -2.06. The standard InChI is InChI=1S/C23H23NO4/c1-14(2)18-11-7-6-8-15(18)12-16-13-19(21(26)22(27)20(16)25)23(28)24-17-9-4-3-5-10-17/h3-11,13-14,25-27H,12H2,1-2H3,(H,24,28). The summed E-state index contributed by atoms with van der Waals surface area (Å²) in [4.78, 5) is 12.6. The third-order valence-corrected chi connectivity index (χ3v) is 4.66. The van der Waals surface area contributed by atoms with Gasteiger partial charge in [-0.25, -0.2) is 0 Å². The van der Waals surface area contributed by atoms with E-state index < -0.39 is 23.2 Å². The first kappa shape index (κ1) is 19.3. The third-order valence-electron chi connectivity index (χ3n) is 4.66. The molecule has 3 rings (SSSR count). The zero-order valence-electron chi connectivity index (χ0n) is 15.8. The van der Waals surface area contributed by atoms with Gasteiger partial charge in [-0.2, -0.15) is 0 Å². The van der Waals surface area contributed by atoms with Gasteiger partial charge in [0.15, 0.2) is 11.5 Å². The van der Waals surface area contributed by atoms with Crippen molar-refractivity contribution in [3.63, 3.8) is 0 Å². The molecule has 28 heavy (non-hydrogen) atoms. The van der Waals surface area contributed by atoms with Crippen molar-refractivity contribution in [3.8, 4) is 17.2 Å². The molecule has 3 aromatic rings. The van der Waals surface area contributed by atoms with Crippen LogP contribution in [0.2, 0.25) is 0 Å². The number of phenols is 3. The fourth-order valence-corrected chi connectivity index (χ4v) is 3.19. The van der Waals surface area contributed by atoms with Crippen LogP contribution in [-0.2, 0) is 6.42 Å². The highest BCUT2D eigenvalue weighted by Gasteiger charge is 2.22. The first-order valence-corrected chi connectivity index (χ1v) is 9.09. The van der Waals surface area contributed by atoms with Crippen molar-refractivity contribution in [2.45, 2.75) is 26.2 Å². The van der Waals surface area contributed by atoms with E-state index >= 15 is 0 Å². The first-order valence-electron chi connectivity index (χ1n) is 9.09. The minimum atomic E-state index is -0.697. The zero-order chi connectivity index (χ0) is 20.3. The number of rotatable bonds is 5. The molecule has 144 valence electrons. The monoisotopic (exact) mass is 377 g/mol. The third kappa shape index (κ3) is 3.93. The lowest BCUT2D eigenvalue weighted by Gasteiger charge is -2.16. The van der Waals surface area contributed by atoms with Crippen LogP contribution in [0.4, 0.5) is 5.69 Å². The Labute approximate surface area is 163 Å². The molecular formula is C23H23NO4. The predicted octanol–water partition coefficient (Wildman–Crippen LogP) is 4.77.